The Hall–Kier alpha value is -0.740. The molecule has 2 rings (SSSR count). The molecule has 0 aromatic heterocycles. The lowest BCUT2D eigenvalue weighted by atomic mass is 10.2. The van der Waals surface area contributed by atoms with E-state index in [2.05, 4.69) is 38.7 Å². The van der Waals surface area contributed by atoms with E-state index < -0.39 is 0 Å². The number of rotatable bonds is 3. The summed E-state index contributed by atoms with van der Waals surface area (Å²) < 4.78 is 1.10. The summed E-state index contributed by atoms with van der Waals surface area (Å²) in [6.45, 7) is 7.97. The predicted molar refractivity (Wildman–Crippen MR) is 77.5 cm³/mol. The van der Waals surface area contributed by atoms with Gasteiger partial charge in [-0.25, -0.2) is 0 Å². The Bertz CT molecular complexity index is 373. The van der Waals surface area contributed by atoms with E-state index in [0.29, 0.717) is 0 Å². The molecule has 0 spiro atoms. The number of benzene rings is 1. The first kappa shape index (κ1) is 12.7. The standard InChI is InChI=1S/C13H20BrN3/c1-2-5-16-6-8-17(9-7-16)13-4-3-11(15)10-12(13)14/h3-4,10H,2,5-9,15H2,1H3. The van der Waals surface area contributed by atoms with Gasteiger partial charge in [0.15, 0.2) is 0 Å². The van der Waals surface area contributed by atoms with E-state index >= 15 is 0 Å². The molecule has 1 heterocycles. The first-order valence-corrected chi connectivity index (χ1v) is 7.02. The summed E-state index contributed by atoms with van der Waals surface area (Å²) in [7, 11) is 0. The van der Waals surface area contributed by atoms with Crippen LogP contribution in [0, 0.1) is 0 Å². The van der Waals surface area contributed by atoms with Crippen molar-refractivity contribution in [3.8, 4) is 0 Å². The van der Waals surface area contributed by atoms with Gasteiger partial charge in [0.25, 0.3) is 0 Å². The predicted octanol–water partition coefficient (Wildman–Crippen LogP) is 2.56. The second-order valence-corrected chi connectivity index (χ2v) is 5.39. The molecule has 94 valence electrons. The number of halogens is 1. The summed E-state index contributed by atoms with van der Waals surface area (Å²) in [6.07, 6.45) is 1.24. The molecule has 1 aliphatic rings. The van der Waals surface area contributed by atoms with Gasteiger partial charge in [0.1, 0.15) is 0 Å². The number of nitrogens with zero attached hydrogens (tertiary/aromatic N) is 2. The van der Waals surface area contributed by atoms with Gasteiger partial charge >= 0.3 is 0 Å². The lowest BCUT2D eigenvalue weighted by Crippen LogP contribution is -2.46. The molecule has 0 unspecified atom stereocenters. The van der Waals surface area contributed by atoms with Crippen molar-refractivity contribution in [3.63, 3.8) is 0 Å². The summed E-state index contributed by atoms with van der Waals surface area (Å²) in [6, 6.07) is 6.06. The third-order valence-corrected chi connectivity index (χ3v) is 3.86. The smallest absolute Gasteiger partial charge is 0.0513 e. The van der Waals surface area contributed by atoms with Gasteiger partial charge in [-0.2, -0.15) is 0 Å². The topological polar surface area (TPSA) is 32.5 Å². The second kappa shape index (κ2) is 5.74. The third-order valence-electron chi connectivity index (χ3n) is 3.22. The number of nitrogens with two attached hydrogens (primary N) is 1. The molecular formula is C13H20BrN3. The van der Waals surface area contributed by atoms with E-state index in [9.17, 15) is 0 Å². The zero-order valence-corrected chi connectivity index (χ0v) is 11.9. The van der Waals surface area contributed by atoms with Gasteiger partial charge < -0.3 is 10.6 Å². The molecule has 1 aliphatic heterocycles. The highest BCUT2D eigenvalue weighted by Gasteiger charge is 2.17. The van der Waals surface area contributed by atoms with Crippen LogP contribution in [0.4, 0.5) is 11.4 Å². The van der Waals surface area contributed by atoms with Gasteiger partial charge in [-0.15, -0.1) is 0 Å². The molecule has 1 aromatic carbocycles. The number of hydrogen-bond donors (Lipinski definition) is 1. The summed E-state index contributed by atoms with van der Waals surface area (Å²) in [4.78, 5) is 4.96. The highest BCUT2D eigenvalue weighted by Crippen LogP contribution is 2.28. The van der Waals surface area contributed by atoms with Crippen LogP contribution in [-0.2, 0) is 0 Å². The fourth-order valence-corrected chi connectivity index (χ4v) is 2.96. The van der Waals surface area contributed by atoms with Crippen LogP contribution < -0.4 is 10.6 Å². The zero-order chi connectivity index (χ0) is 12.3. The van der Waals surface area contributed by atoms with Gasteiger partial charge in [0, 0.05) is 36.3 Å². The van der Waals surface area contributed by atoms with Crippen molar-refractivity contribution in [2.45, 2.75) is 13.3 Å². The summed E-state index contributed by atoms with van der Waals surface area (Å²) in [5.74, 6) is 0. The Morgan fingerprint density at radius 3 is 2.53 bits per heavy atom. The maximum absolute atomic E-state index is 5.76. The van der Waals surface area contributed by atoms with Crippen molar-refractivity contribution in [2.75, 3.05) is 43.4 Å². The van der Waals surface area contributed by atoms with Crippen molar-refractivity contribution in [2.24, 2.45) is 0 Å². The molecule has 4 heteroatoms. The molecule has 0 bridgehead atoms. The molecule has 2 N–H and O–H groups in total. The molecule has 0 atom stereocenters. The van der Waals surface area contributed by atoms with Gasteiger partial charge in [-0.3, -0.25) is 4.90 Å². The highest BCUT2D eigenvalue weighted by molar-refractivity contribution is 9.10. The lowest BCUT2D eigenvalue weighted by Gasteiger charge is -2.36. The Morgan fingerprint density at radius 1 is 1.24 bits per heavy atom. The fraction of sp³-hybridized carbons (Fsp3) is 0.538. The van der Waals surface area contributed by atoms with E-state index in [1.807, 2.05) is 12.1 Å². The number of anilines is 2. The second-order valence-electron chi connectivity index (χ2n) is 4.54. The molecule has 0 aliphatic carbocycles. The van der Waals surface area contributed by atoms with Gasteiger partial charge in [0.2, 0.25) is 0 Å². The molecule has 1 aromatic rings. The summed E-state index contributed by atoms with van der Waals surface area (Å²) in [5.41, 5.74) is 7.83. The normalized spacial score (nSPS) is 17.4. The highest BCUT2D eigenvalue weighted by atomic mass is 79.9. The van der Waals surface area contributed by atoms with E-state index in [1.54, 1.807) is 0 Å². The van der Waals surface area contributed by atoms with E-state index in [-0.39, 0.29) is 0 Å². The maximum atomic E-state index is 5.76. The van der Waals surface area contributed by atoms with Crippen molar-refractivity contribution in [3.05, 3.63) is 22.7 Å². The van der Waals surface area contributed by atoms with Crippen LogP contribution in [0.25, 0.3) is 0 Å². The monoisotopic (exact) mass is 297 g/mol. The van der Waals surface area contributed by atoms with Crippen LogP contribution >= 0.6 is 15.9 Å². The Balaban J connectivity index is 2.00. The molecule has 0 radical (unpaired) electrons. The van der Waals surface area contributed by atoms with Gasteiger partial charge in [0.05, 0.1) is 5.69 Å². The summed E-state index contributed by atoms with van der Waals surface area (Å²) >= 11 is 3.59. The van der Waals surface area contributed by atoms with Crippen molar-refractivity contribution < 1.29 is 0 Å². The quantitative estimate of drug-likeness (QED) is 0.871. The first-order chi connectivity index (χ1) is 8.20. The minimum absolute atomic E-state index is 0.810. The van der Waals surface area contributed by atoms with Crippen LogP contribution in [0.3, 0.4) is 0 Å². The van der Waals surface area contributed by atoms with E-state index in [1.165, 1.54) is 18.7 Å². The van der Waals surface area contributed by atoms with Crippen LogP contribution in [0.15, 0.2) is 22.7 Å². The van der Waals surface area contributed by atoms with Crippen molar-refractivity contribution >= 4 is 27.3 Å². The maximum Gasteiger partial charge on any atom is 0.0513 e. The molecular weight excluding hydrogens is 278 g/mol. The van der Waals surface area contributed by atoms with Crippen molar-refractivity contribution in [1.29, 1.82) is 0 Å². The van der Waals surface area contributed by atoms with Crippen LogP contribution in [0.1, 0.15) is 13.3 Å². The van der Waals surface area contributed by atoms with Crippen LogP contribution in [0.5, 0.6) is 0 Å². The number of piperazine rings is 1. The average molecular weight is 298 g/mol. The van der Waals surface area contributed by atoms with E-state index in [0.717, 1.165) is 36.3 Å². The minimum Gasteiger partial charge on any atom is -0.399 e. The molecule has 1 saturated heterocycles. The zero-order valence-electron chi connectivity index (χ0n) is 10.3. The van der Waals surface area contributed by atoms with Gasteiger partial charge in [-0.1, -0.05) is 6.92 Å². The largest absolute Gasteiger partial charge is 0.399 e. The van der Waals surface area contributed by atoms with Crippen LogP contribution in [-0.4, -0.2) is 37.6 Å². The molecule has 3 nitrogen and oxygen atoms in total. The van der Waals surface area contributed by atoms with E-state index in [4.69, 9.17) is 5.73 Å². The minimum atomic E-state index is 0.810. The Kier molecular flexibility index (Phi) is 4.29. The first-order valence-electron chi connectivity index (χ1n) is 6.23. The average Bonchev–Trinajstić information content (AvgIpc) is 2.31. The third kappa shape index (κ3) is 3.13. The van der Waals surface area contributed by atoms with Gasteiger partial charge in [-0.05, 0) is 47.1 Å². The summed E-state index contributed by atoms with van der Waals surface area (Å²) in [5, 5.41) is 0. The fourth-order valence-electron chi connectivity index (χ4n) is 2.31. The Labute approximate surface area is 112 Å². The van der Waals surface area contributed by atoms with Crippen molar-refractivity contribution in [1.82, 2.24) is 4.90 Å². The number of nitrogen functional groups attached to an aromatic ring is 1. The lowest BCUT2D eigenvalue weighted by molar-refractivity contribution is 0.258. The molecule has 17 heavy (non-hydrogen) atoms. The molecule has 0 amide bonds. The Morgan fingerprint density at radius 2 is 1.94 bits per heavy atom. The SMILES string of the molecule is CCCN1CCN(c2ccc(N)cc2Br)CC1. The molecule has 0 saturated carbocycles. The van der Waals surface area contributed by atoms with Crippen LogP contribution in [0.2, 0.25) is 0 Å². The number of hydrogen-bond acceptors (Lipinski definition) is 3. The molecule has 1 fully saturated rings.